The molecular weight excluding hydrogens is 665 g/mol. The first-order valence-corrected chi connectivity index (χ1v) is 18.9. The summed E-state index contributed by atoms with van der Waals surface area (Å²) in [7, 11) is 0. The summed E-state index contributed by atoms with van der Waals surface area (Å²) in [6, 6.07) is 72.3. The van der Waals surface area contributed by atoms with E-state index in [1.54, 1.807) is 0 Å². The molecule has 0 atom stereocenters. The third-order valence-corrected chi connectivity index (χ3v) is 11.2. The van der Waals surface area contributed by atoms with Crippen molar-refractivity contribution in [3.63, 3.8) is 0 Å². The van der Waals surface area contributed by atoms with Gasteiger partial charge in [-0.3, -0.25) is 4.98 Å². The van der Waals surface area contributed by atoms with Crippen molar-refractivity contribution >= 4 is 54.1 Å². The number of rotatable bonds is 5. The fourth-order valence-electron chi connectivity index (χ4n) is 8.77. The molecule has 2 aromatic heterocycles. The van der Waals surface area contributed by atoms with Crippen molar-refractivity contribution < 1.29 is 0 Å². The molecule has 9 aromatic carbocycles. The fourth-order valence-corrected chi connectivity index (χ4v) is 8.77. The third kappa shape index (κ3) is 5.00. The summed E-state index contributed by atoms with van der Waals surface area (Å²) in [5.41, 5.74) is 12.8. The summed E-state index contributed by atoms with van der Waals surface area (Å²) in [5.74, 6) is 0. The van der Waals surface area contributed by atoms with Crippen LogP contribution in [0.5, 0.6) is 0 Å². The van der Waals surface area contributed by atoms with Gasteiger partial charge in [-0.1, -0.05) is 182 Å². The second-order valence-electron chi connectivity index (χ2n) is 14.3. The number of pyridine rings is 1. The Kier molecular flexibility index (Phi) is 7.21. The molecule has 11 rings (SSSR count). The van der Waals surface area contributed by atoms with E-state index >= 15 is 0 Å². The lowest BCUT2D eigenvalue weighted by Crippen LogP contribution is -1.96. The molecule has 0 saturated carbocycles. The maximum Gasteiger partial charge on any atom is 0.0714 e. The topological polar surface area (TPSA) is 17.8 Å². The van der Waals surface area contributed by atoms with Crippen LogP contribution in [0.2, 0.25) is 0 Å². The molecule has 0 aliphatic rings. The molecule has 2 heteroatoms. The van der Waals surface area contributed by atoms with Crippen molar-refractivity contribution in [3.8, 4) is 50.3 Å². The van der Waals surface area contributed by atoms with Crippen LogP contribution in [0, 0.1) is 0 Å². The van der Waals surface area contributed by atoms with Gasteiger partial charge in [0.1, 0.15) is 0 Å². The van der Waals surface area contributed by atoms with Crippen LogP contribution in [0.3, 0.4) is 0 Å². The molecule has 11 aromatic rings. The number of fused-ring (bicyclic) bond motifs is 7. The lowest BCUT2D eigenvalue weighted by Gasteiger charge is -2.18. The highest BCUT2D eigenvalue weighted by atomic mass is 15.0. The van der Waals surface area contributed by atoms with E-state index in [1.165, 1.54) is 76.4 Å². The normalized spacial score (nSPS) is 11.6. The molecule has 0 aliphatic heterocycles. The minimum atomic E-state index is 0.962. The van der Waals surface area contributed by atoms with Gasteiger partial charge in [-0.15, -0.1) is 0 Å². The van der Waals surface area contributed by atoms with Gasteiger partial charge in [0.25, 0.3) is 0 Å². The van der Waals surface area contributed by atoms with Crippen molar-refractivity contribution in [2.75, 3.05) is 0 Å². The first-order chi connectivity index (χ1) is 27.3. The van der Waals surface area contributed by atoms with Crippen LogP contribution >= 0.6 is 0 Å². The Balaban J connectivity index is 1.09. The van der Waals surface area contributed by atoms with Gasteiger partial charge in [0, 0.05) is 44.7 Å². The number of para-hydroxylation sites is 2. The van der Waals surface area contributed by atoms with Crippen LogP contribution in [0.15, 0.2) is 206 Å². The first-order valence-electron chi connectivity index (χ1n) is 18.9. The summed E-state index contributed by atoms with van der Waals surface area (Å²) in [4.78, 5) is 5.28. The maximum absolute atomic E-state index is 5.28. The molecule has 0 N–H and O–H groups in total. The minimum Gasteiger partial charge on any atom is -0.308 e. The summed E-state index contributed by atoms with van der Waals surface area (Å²) >= 11 is 0. The van der Waals surface area contributed by atoms with Crippen LogP contribution in [0.1, 0.15) is 0 Å². The number of aromatic nitrogens is 2. The van der Waals surface area contributed by atoms with Crippen LogP contribution < -0.4 is 0 Å². The van der Waals surface area contributed by atoms with Gasteiger partial charge >= 0.3 is 0 Å². The largest absolute Gasteiger partial charge is 0.308 e. The van der Waals surface area contributed by atoms with Crippen molar-refractivity contribution in [2.24, 2.45) is 0 Å². The number of nitrogens with zero attached hydrogens (tertiary/aromatic N) is 2. The highest BCUT2D eigenvalue weighted by Gasteiger charge is 2.20. The zero-order chi connectivity index (χ0) is 36.3. The maximum atomic E-state index is 5.28. The van der Waals surface area contributed by atoms with E-state index in [1.807, 2.05) is 0 Å². The molecule has 0 fully saturated rings. The van der Waals surface area contributed by atoms with E-state index < -0.39 is 0 Å². The van der Waals surface area contributed by atoms with E-state index in [0.717, 1.165) is 28.1 Å². The van der Waals surface area contributed by atoms with Crippen LogP contribution in [0.25, 0.3) is 104 Å². The van der Waals surface area contributed by atoms with E-state index in [2.05, 4.69) is 211 Å². The summed E-state index contributed by atoms with van der Waals surface area (Å²) in [6.07, 6.45) is 2.06. The Labute approximate surface area is 319 Å². The van der Waals surface area contributed by atoms with E-state index in [0.29, 0.717) is 0 Å². The average molecular weight is 699 g/mol. The van der Waals surface area contributed by atoms with E-state index in [9.17, 15) is 0 Å². The Hall–Kier alpha value is -7.29. The monoisotopic (exact) mass is 698 g/mol. The van der Waals surface area contributed by atoms with Crippen molar-refractivity contribution in [1.82, 2.24) is 9.55 Å². The predicted octanol–water partition coefficient (Wildman–Crippen LogP) is 14.3. The molecule has 0 amide bonds. The van der Waals surface area contributed by atoms with Crippen molar-refractivity contribution in [2.45, 2.75) is 0 Å². The Morgan fingerprint density at radius 2 is 0.836 bits per heavy atom. The van der Waals surface area contributed by atoms with Gasteiger partial charge in [-0.25, -0.2) is 0 Å². The van der Waals surface area contributed by atoms with Crippen LogP contribution in [0.4, 0.5) is 0 Å². The zero-order valence-electron chi connectivity index (χ0n) is 30.0. The molecule has 2 nitrogen and oxygen atoms in total. The SMILES string of the molecule is c1ccc(-c2ccc(-c3c4ccccc4c(-c4ccc(-c5cccc6c7ccc8ccccc8c7n(-c7ccccc7)c56)cn4)c4ccccc34)cc2)cc1. The molecule has 2 heterocycles. The minimum absolute atomic E-state index is 0.962. The standard InChI is InChI=1S/C53H34N2/c1-3-14-35(15-4-1)36-26-28-38(29-27-36)50-43-20-9-11-22-45(43)51(46-23-12-10-21-44(46)50)49-33-31-39(34-54-49)42-24-13-25-47-48-32-30-37-16-7-8-19-41(37)52(48)55(53(42)47)40-17-5-2-6-18-40/h1-34H. The molecule has 0 spiro atoms. The van der Waals surface area contributed by atoms with Crippen molar-refractivity contribution in [3.05, 3.63) is 206 Å². The number of hydrogen-bond acceptors (Lipinski definition) is 1. The number of benzene rings is 9. The second kappa shape index (κ2) is 12.7. The Morgan fingerprint density at radius 3 is 1.51 bits per heavy atom. The van der Waals surface area contributed by atoms with Gasteiger partial charge in [0.05, 0.1) is 16.7 Å². The van der Waals surface area contributed by atoms with E-state index in [4.69, 9.17) is 4.98 Å². The smallest absolute Gasteiger partial charge is 0.0714 e. The van der Waals surface area contributed by atoms with E-state index in [-0.39, 0.29) is 0 Å². The van der Waals surface area contributed by atoms with Crippen LogP contribution in [-0.2, 0) is 0 Å². The summed E-state index contributed by atoms with van der Waals surface area (Å²) in [6.45, 7) is 0. The van der Waals surface area contributed by atoms with Gasteiger partial charge in [-0.05, 0) is 67.4 Å². The molecule has 0 aliphatic carbocycles. The highest BCUT2D eigenvalue weighted by molar-refractivity contribution is 6.22. The van der Waals surface area contributed by atoms with Crippen LogP contribution in [-0.4, -0.2) is 9.55 Å². The Bertz CT molecular complexity index is 3160. The third-order valence-electron chi connectivity index (χ3n) is 11.2. The molecule has 0 radical (unpaired) electrons. The lowest BCUT2D eigenvalue weighted by atomic mass is 9.87. The summed E-state index contributed by atoms with van der Waals surface area (Å²) in [5, 5.41) is 9.79. The second-order valence-corrected chi connectivity index (χ2v) is 14.3. The van der Waals surface area contributed by atoms with Crippen molar-refractivity contribution in [1.29, 1.82) is 0 Å². The molecule has 0 saturated heterocycles. The molecular formula is C53H34N2. The fraction of sp³-hybridized carbons (Fsp3) is 0. The zero-order valence-corrected chi connectivity index (χ0v) is 30.0. The molecule has 256 valence electrons. The number of hydrogen-bond donors (Lipinski definition) is 0. The quantitative estimate of drug-likeness (QED) is 0.164. The van der Waals surface area contributed by atoms with Gasteiger partial charge in [-0.2, -0.15) is 0 Å². The lowest BCUT2D eigenvalue weighted by molar-refractivity contribution is 1.19. The average Bonchev–Trinajstić information content (AvgIpc) is 3.62. The van der Waals surface area contributed by atoms with Gasteiger partial charge in [0.15, 0.2) is 0 Å². The molecule has 0 unspecified atom stereocenters. The molecule has 0 bridgehead atoms. The predicted molar refractivity (Wildman–Crippen MR) is 233 cm³/mol. The highest BCUT2D eigenvalue weighted by Crippen LogP contribution is 2.45. The summed E-state index contributed by atoms with van der Waals surface area (Å²) < 4.78 is 2.45. The van der Waals surface area contributed by atoms with Gasteiger partial charge in [0.2, 0.25) is 0 Å². The first kappa shape index (κ1) is 31.3. The Morgan fingerprint density at radius 1 is 0.309 bits per heavy atom. The molecule has 55 heavy (non-hydrogen) atoms. The van der Waals surface area contributed by atoms with Gasteiger partial charge < -0.3 is 4.57 Å².